The molecule has 0 aromatic heterocycles. The van der Waals surface area contributed by atoms with Gasteiger partial charge >= 0.3 is 10.3 Å². The summed E-state index contributed by atoms with van der Waals surface area (Å²) in [6.45, 7) is 1.84. The van der Waals surface area contributed by atoms with Crippen molar-refractivity contribution in [1.82, 2.24) is 4.31 Å². The molecule has 1 saturated heterocycles. The van der Waals surface area contributed by atoms with E-state index in [0.29, 0.717) is 11.3 Å². The van der Waals surface area contributed by atoms with E-state index < -0.39 is 16.3 Å². The van der Waals surface area contributed by atoms with Crippen LogP contribution in [0.5, 0.6) is 5.75 Å². The average molecular weight is 330 g/mol. The summed E-state index contributed by atoms with van der Waals surface area (Å²) in [5.74, 6) is -0.0463. The molecule has 2 aliphatic rings. The second-order valence-electron chi connectivity index (χ2n) is 5.62. The lowest BCUT2D eigenvalue weighted by molar-refractivity contribution is -0.119. The number of aryl methyl sites for hydroxylation is 1. The summed E-state index contributed by atoms with van der Waals surface area (Å²) in [4.78, 5) is 14.3. The van der Waals surface area contributed by atoms with E-state index in [1.807, 2.05) is 25.1 Å². The molecule has 0 spiro atoms. The van der Waals surface area contributed by atoms with Gasteiger partial charge in [0.1, 0.15) is 11.8 Å². The van der Waals surface area contributed by atoms with Gasteiger partial charge in [0.05, 0.1) is 6.67 Å². The third kappa shape index (κ3) is 2.12. The molecule has 1 amide bonds. The second-order valence-corrected chi connectivity index (χ2v) is 7.11. The molecule has 0 N–H and O–H groups in total. The molecule has 118 valence electrons. The first-order valence-corrected chi connectivity index (χ1v) is 8.52. The molecule has 2 aromatic rings. The van der Waals surface area contributed by atoms with Gasteiger partial charge in [0.25, 0.3) is 5.91 Å². The van der Waals surface area contributed by atoms with Crippen molar-refractivity contribution in [3.05, 3.63) is 59.7 Å². The Labute approximate surface area is 134 Å². The van der Waals surface area contributed by atoms with E-state index in [9.17, 15) is 13.2 Å². The Bertz CT molecular complexity index is 896. The summed E-state index contributed by atoms with van der Waals surface area (Å²) in [7, 11) is -3.99. The molecule has 6 nitrogen and oxygen atoms in total. The number of rotatable bonds is 1. The molecule has 0 radical (unpaired) electrons. The Morgan fingerprint density at radius 3 is 2.61 bits per heavy atom. The molecular weight excluding hydrogens is 316 g/mol. The minimum atomic E-state index is -3.99. The van der Waals surface area contributed by atoms with Crippen LogP contribution in [0.4, 0.5) is 5.69 Å². The lowest BCUT2D eigenvalue weighted by atomic mass is 10.0. The highest BCUT2D eigenvalue weighted by molar-refractivity contribution is 7.84. The Hall–Kier alpha value is -2.38. The summed E-state index contributed by atoms with van der Waals surface area (Å²) in [6, 6.07) is 13.3. The first-order valence-electron chi connectivity index (χ1n) is 7.15. The highest BCUT2D eigenvalue weighted by Crippen LogP contribution is 2.43. The van der Waals surface area contributed by atoms with Crippen molar-refractivity contribution in [2.75, 3.05) is 11.6 Å². The summed E-state index contributed by atoms with van der Waals surface area (Å²) in [5, 5.41) is 0. The fraction of sp³-hybridized carbons (Fsp3) is 0.188. The van der Waals surface area contributed by atoms with Crippen molar-refractivity contribution in [3.8, 4) is 5.75 Å². The van der Waals surface area contributed by atoms with Crippen LogP contribution in [0.1, 0.15) is 17.2 Å². The summed E-state index contributed by atoms with van der Waals surface area (Å²) in [6.07, 6.45) is 0. The van der Waals surface area contributed by atoms with Crippen LogP contribution in [-0.2, 0) is 15.1 Å². The van der Waals surface area contributed by atoms with E-state index in [-0.39, 0.29) is 18.3 Å². The van der Waals surface area contributed by atoms with Crippen LogP contribution >= 0.6 is 0 Å². The molecule has 1 atom stereocenters. The maximum Gasteiger partial charge on any atom is 0.387 e. The Kier molecular flexibility index (Phi) is 2.97. The number of hydrogen-bond donors (Lipinski definition) is 0. The van der Waals surface area contributed by atoms with Gasteiger partial charge in [-0.05, 0) is 25.1 Å². The average Bonchev–Trinajstić information content (AvgIpc) is 2.88. The van der Waals surface area contributed by atoms with Crippen LogP contribution < -0.4 is 9.08 Å². The van der Waals surface area contributed by atoms with Crippen LogP contribution in [0.2, 0.25) is 0 Å². The minimum Gasteiger partial charge on any atom is -0.370 e. The largest absolute Gasteiger partial charge is 0.387 e. The first kappa shape index (κ1) is 14.2. The molecule has 0 aliphatic carbocycles. The number of para-hydroxylation sites is 1. The van der Waals surface area contributed by atoms with Crippen LogP contribution in [0.3, 0.4) is 0 Å². The van der Waals surface area contributed by atoms with Crippen LogP contribution in [0.25, 0.3) is 0 Å². The molecule has 2 heterocycles. The highest BCUT2D eigenvalue weighted by atomic mass is 32.2. The van der Waals surface area contributed by atoms with E-state index in [4.69, 9.17) is 4.18 Å². The molecule has 2 aliphatic heterocycles. The van der Waals surface area contributed by atoms with Gasteiger partial charge in [-0.15, -0.1) is 4.31 Å². The van der Waals surface area contributed by atoms with Gasteiger partial charge < -0.3 is 4.18 Å². The Balaban J connectivity index is 1.85. The van der Waals surface area contributed by atoms with E-state index in [1.54, 1.807) is 30.3 Å². The maximum absolute atomic E-state index is 12.9. The summed E-state index contributed by atoms with van der Waals surface area (Å²) >= 11 is 0. The van der Waals surface area contributed by atoms with Gasteiger partial charge in [-0.25, -0.2) is 0 Å². The van der Waals surface area contributed by atoms with E-state index in [2.05, 4.69) is 0 Å². The number of carbonyl (C=O) groups is 1. The SMILES string of the molecule is Cc1ccc2c(c1)[C@@H]1C(=O)N(c3ccccc3)CN1S(=O)(=O)O2. The number of anilines is 1. The highest BCUT2D eigenvalue weighted by Gasteiger charge is 2.51. The fourth-order valence-corrected chi connectivity index (χ4v) is 4.18. The monoisotopic (exact) mass is 330 g/mol. The number of hydrogen-bond acceptors (Lipinski definition) is 4. The van der Waals surface area contributed by atoms with E-state index in [1.165, 1.54) is 4.90 Å². The standard InChI is InChI=1S/C16H14N2O4S/c1-11-7-8-14-13(9-11)15-16(19)17(12-5-3-2-4-6-12)10-18(15)23(20,21)22-14/h2-9,15H,10H2,1H3/t15-/m1/s1. The normalized spacial score (nSPS) is 22.4. The lowest BCUT2D eigenvalue weighted by Crippen LogP contribution is -2.39. The van der Waals surface area contributed by atoms with Gasteiger partial charge in [0.15, 0.2) is 0 Å². The van der Waals surface area contributed by atoms with Crippen molar-refractivity contribution in [2.24, 2.45) is 0 Å². The Morgan fingerprint density at radius 1 is 1.13 bits per heavy atom. The molecule has 23 heavy (non-hydrogen) atoms. The zero-order chi connectivity index (χ0) is 16.2. The fourth-order valence-electron chi connectivity index (χ4n) is 2.99. The van der Waals surface area contributed by atoms with Gasteiger partial charge in [0.2, 0.25) is 0 Å². The van der Waals surface area contributed by atoms with Crippen molar-refractivity contribution >= 4 is 21.9 Å². The smallest absolute Gasteiger partial charge is 0.370 e. The number of nitrogens with zero attached hydrogens (tertiary/aromatic N) is 2. The quantitative estimate of drug-likeness (QED) is 0.802. The summed E-state index contributed by atoms with van der Waals surface area (Å²) in [5.41, 5.74) is 2.19. The number of fused-ring (bicyclic) bond motifs is 3. The first-order chi connectivity index (χ1) is 11.0. The minimum absolute atomic E-state index is 0.0524. The lowest BCUT2D eigenvalue weighted by Gasteiger charge is -2.28. The zero-order valence-electron chi connectivity index (χ0n) is 12.3. The van der Waals surface area contributed by atoms with Crippen molar-refractivity contribution in [2.45, 2.75) is 13.0 Å². The van der Waals surface area contributed by atoms with Crippen LogP contribution in [0, 0.1) is 6.92 Å². The van der Waals surface area contributed by atoms with Crippen LogP contribution in [-0.4, -0.2) is 25.3 Å². The van der Waals surface area contributed by atoms with Crippen LogP contribution in [0.15, 0.2) is 48.5 Å². The van der Waals surface area contributed by atoms with E-state index >= 15 is 0 Å². The Morgan fingerprint density at radius 2 is 1.87 bits per heavy atom. The third-order valence-electron chi connectivity index (χ3n) is 4.08. The van der Waals surface area contributed by atoms with Crippen molar-refractivity contribution in [1.29, 1.82) is 0 Å². The van der Waals surface area contributed by atoms with Gasteiger partial charge in [-0.3, -0.25) is 9.69 Å². The molecule has 0 saturated carbocycles. The van der Waals surface area contributed by atoms with Gasteiger partial charge in [0, 0.05) is 11.3 Å². The predicted molar refractivity (Wildman–Crippen MR) is 84.1 cm³/mol. The number of carbonyl (C=O) groups excluding carboxylic acids is 1. The molecule has 4 rings (SSSR count). The molecule has 0 unspecified atom stereocenters. The second kappa shape index (κ2) is 4.81. The van der Waals surface area contributed by atoms with Crippen molar-refractivity contribution in [3.63, 3.8) is 0 Å². The molecule has 1 fully saturated rings. The molecule has 7 heteroatoms. The topological polar surface area (TPSA) is 66.9 Å². The zero-order valence-corrected chi connectivity index (χ0v) is 13.2. The van der Waals surface area contributed by atoms with Crippen molar-refractivity contribution < 1.29 is 17.4 Å². The number of benzene rings is 2. The van der Waals surface area contributed by atoms with E-state index in [0.717, 1.165) is 9.87 Å². The van der Waals surface area contributed by atoms with Gasteiger partial charge in [-0.2, -0.15) is 8.42 Å². The predicted octanol–water partition coefficient (Wildman–Crippen LogP) is 1.98. The molecular formula is C16H14N2O4S. The third-order valence-corrected chi connectivity index (χ3v) is 5.37. The maximum atomic E-state index is 12.9. The molecule has 0 bridgehead atoms. The van der Waals surface area contributed by atoms with Gasteiger partial charge in [-0.1, -0.05) is 35.9 Å². The number of amides is 1. The summed E-state index contributed by atoms with van der Waals surface area (Å²) < 4.78 is 31.0. The molecule has 2 aromatic carbocycles.